The lowest BCUT2D eigenvalue weighted by Crippen LogP contribution is -2.59. The highest BCUT2D eigenvalue weighted by Crippen LogP contribution is 2.22. The van der Waals surface area contributed by atoms with E-state index in [1.807, 2.05) is 6.92 Å². The molecule has 272 valence electrons. The van der Waals surface area contributed by atoms with E-state index < -0.39 is 43.4 Å². The molecule has 0 aliphatic carbocycles. The fourth-order valence-corrected chi connectivity index (χ4v) is 4.56. The number of esters is 1. The lowest BCUT2D eigenvalue weighted by molar-refractivity contribution is -0.305. The van der Waals surface area contributed by atoms with Gasteiger partial charge in [-0.15, -0.1) is 0 Å². The zero-order chi connectivity index (χ0) is 35.1. The van der Waals surface area contributed by atoms with Gasteiger partial charge in [-0.2, -0.15) is 0 Å². The standard InChI is InChI=1S/C39H62O9/c1-3-5-6-7-8-9-10-11-12-13-14-15-16-17-18-19-20-21-22-23-24-25-26-27-29-45-31-33(47-35(41)28-4-2)32-46-39-38(44)37(43)36(42)34(30-40)48-39/h5-6,8-9,11-12,14-15,17-18,20-21,23-24,33-34,36-40,42-44H,3-4,7,10,13,16,19,22,25-32H2,1-2H3/b6-5-,9-8-,12-11-,15-14-,18-17-,21-20-,24-23-. The maximum absolute atomic E-state index is 12.1. The fraction of sp³-hybridized carbons (Fsp3) is 0.615. The van der Waals surface area contributed by atoms with Crippen LogP contribution in [-0.2, 0) is 23.7 Å². The van der Waals surface area contributed by atoms with Crippen LogP contribution in [0.2, 0.25) is 0 Å². The zero-order valence-electron chi connectivity index (χ0n) is 29.2. The van der Waals surface area contributed by atoms with Gasteiger partial charge in [-0.1, -0.05) is 98.9 Å². The van der Waals surface area contributed by atoms with Gasteiger partial charge in [0.05, 0.1) is 19.8 Å². The van der Waals surface area contributed by atoms with E-state index in [0.29, 0.717) is 13.0 Å². The quantitative estimate of drug-likeness (QED) is 0.0447. The maximum atomic E-state index is 12.1. The van der Waals surface area contributed by atoms with Crippen LogP contribution in [0.3, 0.4) is 0 Å². The van der Waals surface area contributed by atoms with Crippen molar-refractivity contribution in [3.05, 3.63) is 85.1 Å². The molecule has 0 aromatic rings. The van der Waals surface area contributed by atoms with Crippen LogP contribution >= 0.6 is 0 Å². The van der Waals surface area contributed by atoms with Crippen LogP contribution in [0.4, 0.5) is 0 Å². The van der Waals surface area contributed by atoms with Gasteiger partial charge in [-0.25, -0.2) is 0 Å². The van der Waals surface area contributed by atoms with Crippen LogP contribution in [0, 0.1) is 0 Å². The van der Waals surface area contributed by atoms with Crippen molar-refractivity contribution in [1.29, 1.82) is 0 Å². The summed E-state index contributed by atoms with van der Waals surface area (Å²) in [5.74, 6) is -0.388. The minimum absolute atomic E-state index is 0.103. The summed E-state index contributed by atoms with van der Waals surface area (Å²) in [7, 11) is 0. The van der Waals surface area contributed by atoms with E-state index in [-0.39, 0.29) is 25.6 Å². The van der Waals surface area contributed by atoms with Crippen LogP contribution in [0.5, 0.6) is 0 Å². The number of aliphatic hydroxyl groups excluding tert-OH is 4. The molecule has 1 aliphatic rings. The van der Waals surface area contributed by atoms with Crippen LogP contribution in [0.15, 0.2) is 85.1 Å². The topological polar surface area (TPSA) is 135 Å². The molecule has 0 aromatic heterocycles. The third kappa shape index (κ3) is 22.1. The zero-order valence-corrected chi connectivity index (χ0v) is 29.2. The molecule has 0 bridgehead atoms. The number of allylic oxidation sites excluding steroid dienone is 14. The highest BCUT2D eigenvalue weighted by Gasteiger charge is 2.44. The Hall–Kier alpha value is -2.63. The molecule has 48 heavy (non-hydrogen) atoms. The van der Waals surface area contributed by atoms with Crippen LogP contribution in [0.1, 0.15) is 90.9 Å². The lowest BCUT2D eigenvalue weighted by Gasteiger charge is -2.39. The van der Waals surface area contributed by atoms with Gasteiger partial charge >= 0.3 is 5.97 Å². The van der Waals surface area contributed by atoms with Crippen molar-refractivity contribution in [2.24, 2.45) is 0 Å². The Morgan fingerprint density at radius 1 is 0.688 bits per heavy atom. The highest BCUT2D eigenvalue weighted by molar-refractivity contribution is 5.69. The molecule has 1 aliphatic heterocycles. The van der Waals surface area contributed by atoms with E-state index >= 15 is 0 Å². The molecule has 4 N–H and O–H groups in total. The van der Waals surface area contributed by atoms with Crippen LogP contribution in [0.25, 0.3) is 0 Å². The molecule has 0 amide bonds. The van der Waals surface area contributed by atoms with Gasteiger partial charge in [-0.05, 0) is 70.6 Å². The fourth-order valence-electron chi connectivity index (χ4n) is 4.56. The van der Waals surface area contributed by atoms with Gasteiger partial charge in [0, 0.05) is 13.0 Å². The summed E-state index contributed by atoms with van der Waals surface area (Å²) in [5, 5.41) is 39.4. The van der Waals surface area contributed by atoms with Crippen molar-refractivity contribution in [3.8, 4) is 0 Å². The predicted octanol–water partition coefficient (Wildman–Crippen LogP) is 6.35. The van der Waals surface area contributed by atoms with Crippen molar-refractivity contribution in [2.45, 2.75) is 128 Å². The Balaban J connectivity index is 2.15. The van der Waals surface area contributed by atoms with E-state index in [0.717, 1.165) is 64.2 Å². The van der Waals surface area contributed by atoms with Crippen molar-refractivity contribution in [3.63, 3.8) is 0 Å². The predicted molar refractivity (Wildman–Crippen MR) is 191 cm³/mol. The monoisotopic (exact) mass is 674 g/mol. The highest BCUT2D eigenvalue weighted by atomic mass is 16.7. The first kappa shape index (κ1) is 43.4. The van der Waals surface area contributed by atoms with Crippen LogP contribution < -0.4 is 0 Å². The normalized spacial score (nSPS) is 23.0. The number of rotatable bonds is 27. The number of unbranched alkanes of at least 4 members (excludes halogenated alkanes) is 2. The average Bonchev–Trinajstić information content (AvgIpc) is 3.08. The minimum atomic E-state index is -1.54. The Morgan fingerprint density at radius 3 is 1.71 bits per heavy atom. The summed E-state index contributed by atoms with van der Waals surface area (Å²) in [6.07, 6.45) is 33.5. The third-order valence-electron chi connectivity index (χ3n) is 7.30. The van der Waals surface area contributed by atoms with Gasteiger partial charge in [0.25, 0.3) is 0 Å². The summed E-state index contributed by atoms with van der Waals surface area (Å²) in [6.45, 7) is 3.91. The number of hydrogen-bond donors (Lipinski definition) is 4. The maximum Gasteiger partial charge on any atom is 0.306 e. The van der Waals surface area contributed by atoms with Crippen LogP contribution in [-0.4, -0.2) is 89.6 Å². The summed E-state index contributed by atoms with van der Waals surface area (Å²) in [5.41, 5.74) is 0. The second-order valence-corrected chi connectivity index (χ2v) is 11.6. The number of hydrogen-bond acceptors (Lipinski definition) is 9. The Labute approximate surface area is 289 Å². The first-order valence-corrected chi connectivity index (χ1v) is 17.7. The van der Waals surface area contributed by atoms with Crippen molar-refractivity contribution >= 4 is 5.97 Å². The van der Waals surface area contributed by atoms with Crippen molar-refractivity contribution in [2.75, 3.05) is 26.4 Å². The van der Waals surface area contributed by atoms with Gasteiger partial charge in [0.15, 0.2) is 6.29 Å². The molecule has 9 heteroatoms. The number of carbonyl (C=O) groups is 1. The molecule has 6 atom stereocenters. The SMILES string of the molecule is CC/C=C\C/C=C\C/C=C\C/C=C\C/C=C\C/C=C\C/C=C\CCCCOCC(COC1OC(CO)C(O)C(O)C1O)OC(=O)CCC. The number of carbonyl (C=O) groups excluding carboxylic acids is 1. The largest absolute Gasteiger partial charge is 0.457 e. The molecule has 0 spiro atoms. The molecule has 1 fully saturated rings. The van der Waals surface area contributed by atoms with E-state index in [4.69, 9.17) is 18.9 Å². The van der Waals surface area contributed by atoms with Gasteiger partial charge in [-0.3, -0.25) is 4.79 Å². The molecule has 1 saturated heterocycles. The third-order valence-corrected chi connectivity index (χ3v) is 7.30. The molecule has 0 saturated carbocycles. The average molecular weight is 675 g/mol. The molecule has 6 unspecified atom stereocenters. The number of aliphatic hydroxyl groups is 4. The van der Waals surface area contributed by atoms with Crippen molar-refractivity contribution < 1.29 is 44.2 Å². The van der Waals surface area contributed by atoms with E-state index in [1.165, 1.54) is 0 Å². The summed E-state index contributed by atoms with van der Waals surface area (Å²) < 4.78 is 22.1. The second-order valence-electron chi connectivity index (χ2n) is 11.6. The smallest absolute Gasteiger partial charge is 0.306 e. The Kier molecular flexibility index (Phi) is 27.5. The van der Waals surface area contributed by atoms with Gasteiger partial charge < -0.3 is 39.4 Å². The number of ether oxygens (including phenoxy) is 4. The minimum Gasteiger partial charge on any atom is -0.457 e. The molecule has 0 radical (unpaired) electrons. The lowest BCUT2D eigenvalue weighted by atomic mass is 9.99. The van der Waals surface area contributed by atoms with E-state index in [9.17, 15) is 25.2 Å². The van der Waals surface area contributed by atoms with E-state index in [1.54, 1.807) is 0 Å². The van der Waals surface area contributed by atoms with E-state index in [2.05, 4.69) is 92.0 Å². The van der Waals surface area contributed by atoms with Crippen molar-refractivity contribution in [1.82, 2.24) is 0 Å². The molecule has 1 heterocycles. The molecule has 0 aromatic carbocycles. The van der Waals surface area contributed by atoms with Gasteiger partial charge in [0.2, 0.25) is 0 Å². The summed E-state index contributed by atoms with van der Waals surface area (Å²) in [6, 6.07) is 0. The summed E-state index contributed by atoms with van der Waals surface area (Å²) in [4.78, 5) is 12.1. The summed E-state index contributed by atoms with van der Waals surface area (Å²) >= 11 is 0. The second kappa shape index (κ2) is 30.4. The van der Waals surface area contributed by atoms with Gasteiger partial charge in [0.1, 0.15) is 30.5 Å². The molecular formula is C39H62O9. The molecule has 1 rings (SSSR count). The Bertz CT molecular complexity index is 995. The first-order valence-electron chi connectivity index (χ1n) is 17.7. The molecule has 9 nitrogen and oxygen atoms in total. The first-order chi connectivity index (χ1) is 23.4. The molecular weight excluding hydrogens is 612 g/mol. The Morgan fingerprint density at radius 2 is 1.21 bits per heavy atom.